The standard InChI is InChI=1S/C13H15FN2S/c1-9-11(14)4-3-5-12(9)15-7-6-13-10(2)16-8-17-13/h3-5,8,15H,6-7H2,1-2H3. The van der Waals surface area contributed by atoms with Crippen molar-refractivity contribution in [3.8, 4) is 0 Å². The summed E-state index contributed by atoms with van der Waals surface area (Å²) < 4.78 is 13.3. The Morgan fingerprint density at radius 3 is 2.88 bits per heavy atom. The number of nitrogens with one attached hydrogen (secondary N) is 1. The van der Waals surface area contributed by atoms with Crippen molar-refractivity contribution in [1.29, 1.82) is 0 Å². The zero-order chi connectivity index (χ0) is 12.3. The van der Waals surface area contributed by atoms with Gasteiger partial charge in [-0.3, -0.25) is 0 Å². The highest BCUT2D eigenvalue weighted by atomic mass is 32.1. The zero-order valence-electron chi connectivity index (χ0n) is 9.96. The molecule has 0 atom stereocenters. The average Bonchev–Trinajstić information content (AvgIpc) is 2.71. The SMILES string of the molecule is Cc1ncsc1CCNc1cccc(F)c1C. The highest BCUT2D eigenvalue weighted by molar-refractivity contribution is 7.09. The number of hydrogen-bond acceptors (Lipinski definition) is 3. The van der Waals surface area contributed by atoms with Crippen molar-refractivity contribution in [1.82, 2.24) is 4.98 Å². The van der Waals surface area contributed by atoms with E-state index >= 15 is 0 Å². The van der Waals surface area contributed by atoms with Gasteiger partial charge in [0, 0.05) is 29.1 Å². The predicted octanol–water partition coefficient (Wildman–Crippen LogP) is 3.55. The van der Waals surface area contributed by atoms with E-state index in [0.29, 0.717) is 5.56 Å². The van der Waals surface area contributed by atoms with Gasteiger partial charge in [-0.1, -0.05) is 6.07 Å². The number of thiazole rings is 1. The van der Waals surface area contributed by atoms with E-state index < -0.39 is 0 Å². The fraction of sp³-hybridized carbons (Fsp3) is 0.308. The second-order valence-corrected chi connectivity index (χ2v) is 4.89. The largest absolute Gasteiger partial charge is 0.384 e. The maximum Gasteiger partial charge on any atom is 0.128 e. The number of halogens is 1. The summed E-state index contributed by atoms with van der Waals surface area (Å²) in [6.07, 6.45) is 0.923. The van der Waals surface area contributed by atoms with Gasteiger partial charge in [-0.15, -0.1) is 11.3 Å². The minimum Gasteiger partial charge on any atom is -0.384 e. The van der Waals surface area contributed by atoms with Gasteiger partial charge < -0.3 is 5.32 Å². The molecule has 2 nitrogen and oxygen atoms in total. The molecule has 1 aromatic carbocycles. The van der Waals surface area contributed by atoms with Gasteiger partial charge in [0.05, 0.1) is 11.2 Å². The molecule has 17 heavy (non-hydrogen) atoms. The summed E-state index contributed by atoms with van der Waals surface area (Å²) in [5.74, 6) is -0.163. The molecule has 0 aliphatic heterocycles. The predicted molar refractivity (Wildman–Crippen MR) is 70.2 cm³/mol. The van der Waals surface area contributed by atoms with Crippen LogP contribution in [0.1, 0.15) is 16.1 Å². The molecule has 0 amide bonds. The minimum atomic E-state index is -0.163. The fourth-order valence-corrected chi connectivity index (χ4v) is 2.46. The van der Waals surface area contributed by atoms with Crippen molar-refractivity contribution in [2.24, 2.45) is 0 Å². The Morgan fingerprint density at radius 2 is 2.18 bits per heavy atom. The molecule has 0 radical (unpaired) electrons. The molecule has 0 bridgehead atoms. The van der Waals surface area contributed by atoms with Gasteiger partial charge in [0.25, 0.3) is 0 Å². The van der Waals surface area contributed by atoms with Gasteiger partial charge in [-0.2, -0.15) is 0 Å². The molecule has 0 unspecified atom stereocenters. The first-order chi connectivity index (χ1) is 8.18. The van der Waals surface area contributed by atoms with E-state index in [4.69, 9.17) is 0 Å². The van der Waals surface area contributed by atoms with E-state index in [0.717, 1.165) is 24.3 Å². The van der Waals surface area contributed by atoms with Crippen LogP contribution in [0.4, 0.5) is 10.1 Å². The summed E-state index contributed by atoms with van der Waals surface area (Å²) in [6, 6.07) is 5.11. The van der Waals surface area contributed by atoms with Crippen LogP contribution in [0.15, 0.2) is 23.7 Å². The molecular formula is C13H15FN2S. The summed E-state index contributed by atoms with van der Waals surface area (Å²) in [5, 5.41) is 3.26. The smallest absolute Gasteiger partial charge is 0.128 e. The van der Waals surface area contributed by atoms with Crippen LogP contribution in [-0.4, -0.2) is 11.5 Å². The Hall–Kier alpha value is -1.42. The van der Waals surface area contributed by atoms with Crippen molar-refractivity contribution >= 4 is 17.0 Å². The molecule has 0 spiro atoms. The van der Waals surface area contributed by atoms with Crippen molar-refractivity contribution in [2.45, 2.75) is 20.3 Å². The lowest BCUT2D eigenvalue weighted by Gasteiger charge is -2.09. The van der Waals surface area contributed by atoms with Crippen molar-refractivity contribution in [2.75, 3.05) is 11.9 Å². The average molecular weight is 250 g/mol. The molecule has 0 saturated carbocycles. The third kappa shape index (κ3) is 2.82. The monoisotopic (exact) mass is 250 g/mol. The lowest BCUT2D eigenvalue weighted by molar-refractivity contribution is 0.619. The lowest BCUT2D eigenvalue weighted by Crippen LogP contribution is -2.06. The Labute approximate surface area is 105 Å². The number of aromatic nitrogens is 1. The first-order valence-corrected chi connectivity index (χ1v) is 6.44. The normalized spacial score (nSPS) is 10.5. The number of benzene rings is 1. The minimum absolute atomic E-state index is 0.163. The summed E-state index contributed by atoms with van der Waals surface area (Å²) in [5.41, 5.74) is 4.49. The highest BCUT2D eigenvalue weighted by Crippen LogP contribution is 2.18. The van der Waals surface area contributed by atoms with Crippen LogP contribution in [0.3, 0.4) is 0 Å². The van der Waals surface area contributed by atoms with Crippen LogP contribution in [0.5, 0.6) is 0 Å². The molecule has 0 fully saturated rings. The summed E-state index contributed by atoms with van der Waals surface area (Å²) in [4.78, 5) is 5.49. The van der Waals surface area contributed by atoms with Gasteiger partial charge in [-0.05, 0) is 26.0 Å². The van der Waals surface area contributed by atoms with Gasteiger partial charge in [0.1, 0.15) is 5.82 Å². The molecule has 1 aromatic heterocycles. The van der Waals surface area contributed by atoms with E-state index in [-0.39, 0.29) is 5.82 Å². The van der Waals surface area contributed by atoms with E-state index in [1.165, 1.54) is 10.9 Å². The van der Waals surface area contributed by atoms with Crippen LogP contribution < -0.4 is 5.32 Å². The van der Waals surface area contributed by atoms with E-state index in [9.17, 15) is 4.39 Å². The summed E-state index contributed by atoms with van der Waals surface area (Å²) >= 11 is 1.67. The molecule has 4 heteroatoms. The Balaban J connectivity index is 1.95. The topological polar surface area (TPSA) is 24.9 Å². The molecular weight excluding hydrogens is 235 g/mol. The van der Waals surface area contributed by atoms with Crippen LogP contribution in [0, 0.1) is 19.7 Å². The summed E-state index contributed by atoms with van der Waals surface area (Å²) in [6.45, 7) is 4.60. The van der Waals surface area contributed by atoms with Gasteiger partial charge in [-0.25, -0.2) is 9.37 Å². The number of rotatable bonds is 4. The van der Waals surface area contributed by atoms with E-state index in [1.807, 2.05) is 18.5 Å². The molecule has 0 saturated heterocycles. The quantitative estimate of drug-likeness (QED) is 0.897. The van der Waals surface area contributed by atoms with Crippen LogP contribution >= 0.6 is 11.3 Å². The molecule has 2 rings (SSSR count). The van der Waals surface area contributed by atoms with Crippen molar-refractivity contribution in [3.63, 3.8) is 0 Å². The van der Waals surface area contributed by atoms with E-state index in [2.05, 4.69) is 10.3 Å². The maximum absolute atomic E-state index is 13.3. The Kier molecular flexibility index (Phi) is 3.74. The molecule has 1 N–H and O–H groups in total. The number of nitrogens with zero attached hydrogens (tertiary/aromatic N) is 1. The Bertz CT molecular complexity index is 508. The van der Waals surface area contributed by atoms with E-state index in [1.54, 1.807) is 24.3 Å². The third-order valence-corrected chi connectivity index (χ3v) is 3.77. The first kappa shape index (κ1) is 12.0. The van der Waals surface area contributed by atoms with Gasteiger partial charge >= 0.3 is 0 Å². The fourth-order valence-electron chi connectivity index (χ4n) is 1.68. The van der Waals surface area contributed by atoms with Crippen LogP contribution in [0.2, 0.25) is 0 Å². The van der Waals surface area contributed by atoms with Gasteiger partial charge in [0.15, 0.2) is 0 Å². The molecule has 2 aromatic rings. The van der Waals surface area contributed by atoms with Crippen LogP contribution in [-0.2, 0) is 6.42 Å². The zero-order valence-corrected chi connectivity index (χ0v) is 10.8. The molecule has 90 valence electrons. The molecule has 0 aliphatic rings. The van der Waals surface area contributed by atoms with Crippen molar-refractivity contribution < 1.29 is 4.39 Å². The van der Waals surface area contributed by atoms with Gasteiger partial charge in [0.2, 0.25) is 0 Å². The maximum atomic E-state index is 13.3. The first-order valence-electron chi connectivity index (χ1n) is 5.56. The van der Waals surface area contributed by atoms with Crippen molar-refractivity contribution in [3.05, 3.63) is 45.7 Å². The molecule has 1 heterocycles. The number of hydrogen-bond donors (Lipinski definition) is 1. The second-order valence-electron chi connectivity index (χ2n) is 3.95. The number of aryl methyl sites for hydroxylation is 1. The number of anilines is 1. The highest BCUT2D eigenvalue weighted by Gasteiger charge is 2.04. The molecule has 0 aliphatic carbocycles. The third-order valence-electron chi connectivity index (χ3n) is 2.78. The second kappa shape index (κ2) is 5.27. The Morgan fingerprint density at radius 1 is 1.35 bits per heavy atom. The van der Waals surface area contributed by atoms with Crippen LogP contribution in [0.25, 0.3) is 0 Å². The summed E-state index contributed by atoms with van der Waals surface area (Å²) in [7, 11) is 0. The lowest BCUT2D eigenvalue weighted by atomic mass is 10.2.